The minimum atomic E-state index is -0.917. The molecule has 0 bridgehead atoms. The quantitative estimate of drug-likeness (QED) is 0.669. The number of carbonyl (C=O) groups is 1. The lowest BCUT2D eigenvalue weighted by atomic mass is 9.95. The van der Waals surface area contributed by atoms with Gasteiger partial charge in [-0.15, -0.1) is 0 Å². The number of aromatic nitrogens is 2. The average Bonchev–Trinajstić information content (AvgIpc) is 3.41. The van der Waals surface area contributed by atoms with E-state index in [1.165, 1.54) is 25.3 Å². The van der Waals surface area contributed by atoms with E-state index in [1.807, 2.05) is 6.07 Å². The molecule has 6 nitrogen and oxygen atoms in total. The Balaban J connectivity index is 1.20. The third kappa shape index (κ3) is 6.03. The highest BCUT2D eigenvalue weighted by Crippen LogP contribution is 2.26. The molecule has 4 rings (SSSR count). The number of hydrogen-bond acceptors (Lipinski definition) is 4. The maximum absolute atomic E-state index is 13.2. The maximum atomic E-state index is 13.2. The van der Waals surface area contributed by atoms with Crippen LogP contribution >= 0.6 is 0 Å². The largest absolute Gasteiger partial charge is 0.493 e. The molecule has 2 fully saturated rings. The Labute approximate surface area is 181 Å². The maximum Gasteiger partial charge on any atom is 0.234 e. The minimum Gasteiger partial charge on any atom is -0.493 e. The number of amides is 1. The molecule has 0 unspecified atom stereocenters. The fourth-order valence-corrected chi connectivity index (χ4v) is 4.50. The first-order valence-electron chi connectivity index (χ1n) is 11.2. The molecule has 168 valence electrons. The minimum absolute atomic E-state index is 0.129. The van der Waals surface area contributed by atoms with Crippen LogP contribution < -0.4 is 10.1 Å². The smallest absolute Gasteiger partial charge is 0.234 e. The van der Waals surface area contributed by atoms with Gasteiger partial charge in [0.05, 0.1) is 18.8 Å². The van der Waals surface area contributed by atoms with Crippen LogP contribution in [0, 0.1) is 11.6 Å². The van der Waals surface area contributed by atoms with Crippen molar-refractivity contribution in [1.29, 1.82) is 0 Å². The number of ether oxygens (including phenoxy) is 1. The molecule has 2 aromatic rings. The van der Waals surface area contributed by atoms with Crippen molar-refractivity contribution >= 4 is 5.91 Å². The summed E-state index contributed by atoms with van der Waals surface area (Å²) >= 11 is 0. The molecule has 1 aliphatic heterocycles. The van der Waals surface area contributed by atoms with Crippen molar-refractivity contribution in [3.05, 3.63) is 47.3 Å². The van der Waals surface area contributed by atoms with Gasteiger partial charge >= 0.3 is 0 Å². The highest BCUT2D eigenvalue weighted by atomic mass is 19.2. The van der Waals surface area contributed by atoms with Crippen molar-refractivity contribution in [1.82, 2.24) is 20.4 Å². The molecule has 31 heavy (non-hydrogen) atoms. The van der Waals surface area contributed by atoms with Gasteiger partial charge in [-0.25, -0.2) is 8.78 Å². The fraction of sp³-hybridized carbons (Fsp3) is 0.565. The molecule has 8 heteroatoms. The van der Waals surface area contributed by atoms with E-state index in [0.717, 1.165) is 55.9 Å². The molecule has 1 saturated heterocycles. The molecule has 0 spiro atoms. The summed E-state index contributed by atoms with van der Waals surface area (Å²) in [5.41, 5.74) is 1.93. The number of hydrogen-bond donors (Lipinski definition) is 2. The fourth-order valence-electron chi connectivity index (χ4n) is 4.50. The lowest BCUT2D eigenvalue weighted by Gasteiger charge is -2.24. The molecular weight excluding hydrogens is 402 g/mol. The zero-order valence-corrected chi connectivity index (χ0v) is 17.7. The van der Waals surface area contributed by atoms with Gasteiger partial charge in [-0.05, 0) is 44.0 Å². The molecule has 2 N–H and O–H groups in total. The second-order valence-electron chi connectivity index (χ2n) is 8.62. The summed E-state index contributed by atoms with van der Waals surface area (Å²) in [7, 11) is 0. The first-order valence-corrected chi connectivity index (χ1v) is 11.2. The van der Waals surface area contributed by atoms with E-state index in [2.05, 4.69) is 20.4 Å². The molecule has 2 aliphatic rings. The van der Waals surface area contributed by atoms with Gasteiger partial charge < -0.3 is 10.1 Å². The number of aromatic amines is 1. The van der Waals surface area contributed by atoms with Crippen molar-refractivity contribution in [2.75, 3.05) is 26.2 Å². The third-order valence-corrected chi connectivity index (χ3v) is 6.21. The zero-order valence-electron chi connectivity index (χ0n) is 17.7. The summed E-state index contributed by atoms with van der Waals surface area (Å²) in [4.78, 5) is 14.6. The van der Waals surface area contributed by atoms with Crippen molar-refractivity contribution in [2.24, 2.45) is 0 Å². The van der Waals surface area contributed by atoms with Gasteiger partial charge in [0.25, 0.3) is 0 Å². The molecule has 1 aromatic carbocycles. The molecule has 0 radical (unpaired) electrons. The summed E-state index contributed by atoms with van der Waals surface area (Å²) in [6.45, 7) is 2.51. The SMILES string of the molecule is O=C(CN1CC[C@H](c2cc(CCOc3ccc(F)c(F)c3)[nH]n2)C1)NC1CCCCC1. The standard InChI is InChI=1S/C23H30F2N4O2/c24-20-7-6-19(13-21(20)25)31-11-9-18-12-22(28-27-18)16-8-10-29(14-16)15-23(30)26-17-4-2-1-3-5-17/h6-7,12-13,16-17H,1-5,8-11,14-15H2,(H,26,30)(H,27,28)/t16-/m0/s1. The topological polar surface area (TPSA) is 70.2 Å². The van der Waals surface area contributed by atoms with Crippen LogP contribution in [0.4, 0.5) is 8.78 Å². The summed E-state index contributed by atoms with van der Waals surface area (Å²) in [6.07, 6.45) is 7.48. The van der Waals surface area contributed by atoms with E-state index in [4.69, 9.17) is 4.74 Å². The normalized spacial score (nSPS) is 20.1. The van der Waals surface area contributed by atoms with Crippen LogP contribution in [0.5, 0.6) is 5.75 Å². The van der Waals surface area contributed by atoms with Gasteiger partial charge in [0.2, 0.25) is 5.91 Å². The van der Waals surface area contributed by atoms with E-state index < -0.39 is 11.6 Å². The average molecular weight is 433 g/mol. The van der Waals surface area contributed by atoms with Gasteiger partial charge in [0.15, 0.2) is 11.6 Å². The van der Waals surface area contributed by atoms with Gasteiger partial charge in [0.1, 0.15) is 5.75 Å². The number of likely N-dealkylation sites (tertiary alicyclic amines) is 1. The molecule has 1 atom stereocenters. The van der Waals surface area contributed by atoms with Crippen molar-refractivity contribution in [3.63, 3.8) is 0 Å². The number of H-pyrrole nitrogens is 1. The zero-order chi connectivity index (χ0) is 21.6. The Morgan fingerprint density at radius 3 is 2.81 bits per heavy atom. The third-order valence-electron chi connectivity index (χ3n) is 6.21. The van der Waals surface area contributed by atoms with Gasteiger partial charge in [0, 0.05) is 36.7 Å². The highest BCUT2D eigenvalue weighted by Gasteiger charge is 2.27. The second kappa shape index (κ2) is 10.2. The van der Waals surface area contributed by atoms with Gasteiger partial charge in [-0.2, -0.15) is 5.10 Å². The first-order chi connectivity index (χ1) is 15.1. The van der Waals surface area contributed by atoms with Crippen LogP contribution in [-0.2, 0) is 11.2 Å². The molecule has 2 heterocycles. The van der Waals surface area contributed by atoms with Crippen LogP contribution in [-0.4, -0.2) is 53.3 Å². The van der Waals surface area contributed by atoms with E-state index in [1.54, 1.807) is 0 Å². The monoisotopic (exact) mass is 432 g/mol. The van der Waals surface area contributed by atoms with E-state index in [-0.39, 0.29) is 5.91 Å². The number of nitrogens with one attached hydrogen (secondary N) is 2. The molecular formula is C23H30F2N4O2. The van der Waals surface area contributed by atoms with Crippen LogP contribution in [0.25, 0.3) is 0 Å². The van der Waals surface area contributed by atoms with Crippen molar-refractivity contribution in [2.45, 2.75) is 56.9 Å². The van der Waals surface area contributed by atoms with Crippen LogP contribution in [0.1, 0.15) is 55.8 Å². The number of halogens is 2. The van der Waals surface area contributed by atoms with Gasteiger partial charge in [-0.1, -0.05) is 19.3 Å². The lowest BCUT2D eigenvalue weighted by molar-refractivity contribution is -0.122. The van der Waals surface area contributed by atoms with Crippen LogP contribution in [0.15, 0.2) is 24.3 Å². The van der Waals surface area contributed by atoms with Crippen molar-refractivity contribution in [3.8, 4) is 5.75 Å². The highest BCUT2D eigenvalue weighted by molar-refractivity contribution is 5.78. The Morgan fingerprint density at radius 2 is 2.00 bits per heavy atom. The summed E-state index contributed by atoms with van der Waals surface area (Å²) in [6, 6.07) is 5.90. The summed E-state index contributed by atoms with van der Waals surface area (Å²) in [5, 5.41) is 10.7. The molecule has 1 aromatic heterocycles. The van der Waals surface area contributed by atoms with Crippen LogP contribution in [0.2, 0.25) is 0 Å². The van der Waals surface area contributed by atoms with E-state index in [9.17, 15) is 13.6 Å². The summed E-state index contributed by atoms with van der Waals surface area (Å²) < 4.78 is 31.7. The predicted octanol–water partition coefficient (Wildman–Crippen LogP) is 3.55. The van der Waals surface area contributed by atoms with Gasteiger partial charge in [-0.3, -0.25) is 14.8 Å². The predicted molar refractivity (Wildman–Crippen MR) is 113 cm³/mol. The lowest BCUT2D eigenvalue weighted by Crippen LogP contribution is -2.42. The molecule has 1 amide bonds. The number of rotatable bonds is 8. The second-order valence-corrected chi connectivity index (χ2v) is 8.62. The molecule has 1 saturated carbocycles. The Kier molecular flexibility index (Phi) is 7.17. The number of benzene rings is 1. The Bertz CT molecular complexity index is 882. The first kappa shape index (κ1) is 21.7. The van der Waals surface area contributed by atoms with Crippen LogP contribution in [0.3, 0.4) is 0 Å². The Morgan fingerprint density at radius 1 is 1.16 bits per heavy atom. The summed E-state index contributed by atoms with van der Waals surface area (Å²) in [5.74, 6) is -1.07. The number of carbonyl (C=O) groups excluding carboxylic acids is 1. The molecule has 1 aliphatic carbocycles. The van der Waals surface area contributed by atoms with Crippen molar-refractivity contribution < 1.29 is 18.3 Å². The Hall–Kier alpha value is -2.48. The number of nitrogens with zero attached hydrogens (tertiary/aromatic N) is 2. The van der Waals surface area contributed by atoms with E-state index >= 15 is 0 Å². The van der Waals surface area contributed by atoms with E-state index in [0.29, 0.717) is 37.3 Å².